The van der Waals surface area contributed by atoms with Gasteiger partial charge in [0.15, 0.2) is 0 Å². The highest BCUT2D eigenvalue weighted by atomic mass is 35.5. The lowest BCUT2D eigenvalue weighted by atomic mass is 10.0. The van der Waals surface area contributed by atoms with Gasteiger partial charge in [-0.1, -0.05) is 35.9 Å². The molecule has 1 fully saturated rings. The second-order valence-corrected chi connectivity index (χ2v) is 7.80. The topological polar surface area (TPSA) is 87.8 Å². The Bertz CT molecular complexity index is 811. The fraction of sp³-hybridized carbons (Fsp3) is 0.409. The summed E-state index contributed by atoms with van der Waals surface area (Å²) in [6.45, 7) is 3.20. The normalized spacial score (nSPS) is 16.0. The van der Waals surface area contributed by atoms with Gasteiger partial charge in [-0.05, 0) is 55.8 Å². The van der Waals surface area contributed by atoms with E-state index in [9.17, 15) is 9.90 Å². The third-order valence-electron chi connectivity index (χ3n) is 5.13. The number of para-hydroxylation sites is 1. The van der Waals surface area contributed by atoms with Crippen LogP contribution in [0.2, 0.25) is 5.02 Å². The number of carbonyl (C=O) groups excluding carboxylic acids is 1. The van der Waals surface area contributed by atoms with Crippen LogP contribution in [-0.2, 0) is 6.54 Å². The van der Waals surface area contributed by atoms with Crippen molar-refractivity contribution in [2.45, 2.75) is 31.5 Å². The van der Waals surface area contributed by atoms with Crippen LogP contribution in [0.15, 0.2) is 48.5 Å². The molecule has 3 rings (SSSR count). The van der Waals surface area contributed by atoms with Crippen LogP contribution in [0, 0.1) is 0 Å². The lowest BCUT2D eigenvalue weighted by Crippen LogP contribution is -2.46. The first kappa shape index (κ1) is 21.6. The molecule has 1 heterocycles. The van der Waals surface area contributed by atoms with Gasteiger partial charge in [0.05, 0.1) is 5.56 Å². The van der Waals surface area contributed by atoms with Gasteiger partial charge in [0.2, 0.25) is 0 Å². The highest BCUT2D eigenvalue weighted by Crippen LogP contribution is 2.20. The van der Waals surface area contributed by atoms with Crippen molar-refractivity contribution in [3.05, 3.63) is 64.7 Å². The number of primary amides is 1. The zero-order valence-corrected chi connectivity index (χ0v) is 17.1. The Morgan fingerprint density at radius 3 is 2.72 bits per heavy atom. The van der Waals surface area contributed by atoms with Crippen molar-refractivity contribution in [2.24, 2.45) is 5.73 Å². The van der Waals surface area contributed by atoms with E-state index in [1.165, 1.54) is 0 Å². The van der Waals surface area contributed by atoms with Crippen LogP contribution in [0.4, 0.5) is 0 Å². The van der Waals surface area contributed by atoms with E-state index in [0.29, 0.717) is 35.5 Å². The van der Waals surface area contributed by atoms with E-state index >= 15 is 0 Å². The molecule has 1 aliphatic rings. The largest absolute Gasteiger partial charge is 0.490 e. The number of hydrogen-bond acceptors (Lipinski definition) is 5. The molecule has 156 valence electrons. The summed E-state index contributed by atoms with van der Waals surface area (Å²) < 4.78 is 5.71. The first-order valence-electron chi connectivity index (χ1n) is 9.92. The number of benzene rings is 2. The molecule has 7 heteroatoms. The summed E-state index contributed by atoms with van der Waals surface area (Å²) >= 11 is 6.14. The van der Waals surface area contributed by atoms with Gasteiger partial charge in [0, 0.05) is 24.2 Å². The monoisotopic (exact) mass is 417 g/mol. The number of halogens is 1. The summed E-state index contributed by atoms with van der Waals surface area (Å²) in [6, 6.07) is 15.0. The molecular weight excluding hydrogens is 390 g/mol. The smallest absolute Gasteiger partial charge is 0.252 e. The Hall–Kier alpha value is -2.12. The van der Waals surface area contributed by atoms with Crippen LogP contribution in [0.5, 0.6) is 5.75 Å². The zero-order valence-electron chi connectivity index (χ0n) is 16.4. The molecule has 0 aliphatic carbocycles. The first-order valence-corrected chi connectivity index (χ1v) is 10.3. The Balaban J connectivity index is 1.64. The summed E-state index contributed by atoms with van der Waals surface area (Å²) in [7, 11) is 0. The lowest BCUT2D eigenvalue weighted by molar-refractivity contribution is 0.0411. The average Bonchev–Trinajstić information content (AvgIpc) is 2.72. The highest BCUT2D eigenvalue weighted by Gasteiger charge is 2.24. The van der Waals surface area contributed by atoms with Gasteiger partial charge < -0.3 is 20.9 Å². The lowest BCUT2D eigenvalue weighted by Gasteiger charge is -2.36. The molecule has 2 aromatic carbocycles. The minimum absolute atomic E-state index is 0.0846. The molecule has 0 bridgehead atoms. The van der Waals surface area contributed by atoms with Gasteiger partial charge in [0.1, 0.15) is 18.5 Å². The van der Waals surface area contributed by atoms with Gasteiger partial charge in [-0.15, -0.1) is 0 Å². The van der Waals surface area contributed by atoms with E-state index in [1.807, 2.05) is 24.3 Å². The minimum Gasteiger partial charge on any atom is -0.490 e. The van der Waals surface area contributed by atoms with Gasteiger partial charge in [-0.3, -0.25) is 9.69 Å². The van der Waals surface area contributed by atoms with Crippen molar-refractivity contribution >= 4 is 17.5 Å². The highest BCUT2D eigenvalue weighted by molar-refractivity contribution is 6.30. The Kier molecular flexibility index (Phi) is 7.89. The Morgan fingerprint density at radius 2 is 2.00 bits per heavy atom. The summed E-state index contributed by atoms with van der Waals surface area (Å²) in [6.07, 6.45) is 1.35. The van der Waals surface area contributed by atoms with Gasteiger partial charge in [-0.2, -0.15) is 0 Å². The SMILES string of the molecule is NC(=O)c1ccccc1OCC(O)CN(Cc1cccc(Cl)c1)C1CCNCC1. The average molecular weight is 418 g/mol. The molecule has 1 amide bonds. The second-order valence-electron chi connectivity index (χ2n) is 7.37. The van der Waals surface area contributed by atoms with Crippen molar-refractivity contribution in [3.8, 4) is 5.75 Å². The zero-order chi connectivity index (χ0) is 20.6. The van der Waals surface area contributed by atoms with Crippen LogP contribution >= 0.6 is 11.6 Å². The summed E-state index contributed by atoms with van der Waals surface area (Å²) in [5.74, 6) is -0.158. The number of nitrogens with zero attached hydrogens (tertiary/aromatic N) is 1. The molecule has 1 saturated heterocycles. The van der Waals surface area contributed by atoms with Crippen molar-refractivity contribution in [1.29, 1.82) is 0 Å². The molecule has 29 heavy (non-hydrogen) atoms. The molecule has 4 N–H and O–H groups in total. The molecule has 0 aromatic heterocycles. The standard InChI is InChI=1S/C22H28ClN3O3/c23-17-5-3-4-16(12-17)13-26(18-8-10-25-11-9-18)14-19(27)15-29-21-7-2-1-6-20(21)22(24)28/h1-7,12,18-19,25,27H,8-11,13-15H2,(H2,24,28). The number of piperidine rings is 1. The Labute approximate surface area is 176 Å². The molecule has 0 radical (unpaired) electrons. The molecule has 0 spiro atoms. The number of rotatable bonds is 9. The summed E-state index contributed by atoms with van der Waals surface area (Å²) in [4.78, 5) is 13.8. The van der Waals surface area contributed by atoms with Crippen LogP contribution in [0.1, 0.15) is 28.8 Å². The maximum Gasteiger partial charge on any atom is 0.252 e. The summed E-state index contributed by atoms with van der Waals surface area (Å²) in [5, 5.41) is 14.7. The molecule has 2 aromatic rings. The quantitative estimate of drug-likeness (QED) is 0.583. The van der Waals surface area contributed by atoms with Crippen molar-refractivity contribution < 1.29 is 14.6 Å². The second kappa shape index (κ2) is 10.6. The number of hydrogen-bond donors (Lipinski definition) is 3. The maximum atomic E-state index is 11.5. The molecular formula is C22H28ClN3O3. The molecule has 1 aliphatic heterocycles. The fourth-order valence-corrected chi connectivity index (χ4v) is 3.90. The predicted octanol–water partition coefficient (Wildman–Crippen LogP) is 2.43. The molecule has 6 nitrogen and oxygen atoms in total. The number of carbonyl (C=O) groups is 1. The van der Waals surface area contributed by atoms with Crippen molar-refractivity contribution in [2.75, 3.05) is 26.2 Å². The van der Waals surface area contributed by atoms with Crippen LogP contribution in [0.25, 0.3) is 0 Å². The first-order chi connectivity index (χ1) is 14.0. The number of nitrogens with two attached hydrogens (primary N) is 1. The van der Waals surface area contributed by atoms with E-state index in [-0.39, 0.29) is 6.61 Å². The van der Waals surface area contributed by atoms with Gasteiger partial charge in [0.25, 0.3) is 5.91 Å². The predicted molar refractivity (Wildman–Crippen MR) is 114 cm³/mol. The summed E-state index contributed by atoms with van der Waals surface area (Å²) in [5.41, 5.74) is 6.82. The van der Waals surface area contributed by atoms with Gasteiger partial charge in [-0.25, -0.2) is 0 Å². The fourth-order valence-electron chi connectivity index (χ4n) is 3.69. The van der Waals surface area contributed by atoms with E-state index in [1.54, 1.807) is 24.3 Å². The van der Waals surface area contributed by atoms with Crippen molar-refractivity contribution in [3.63, 3.8) is 0 Å². The molecule has 1 atom stereocenters. The number of ether oxygens (including phenoxy) is 1. The van der Waals surface area contributed by atoms with E-state index in [2.05, 4.69) is 10.2 Å². The number of nitrogens with one attached hydrogen (secondary N) is 1. The maximum absolute atomic E-state index is 11.5. The van der Waals surface area contributed by atoms with E-state index in [4.69, 9.17) is 22.1 Å². The van der Waals surface area contributed by atoms with Crippen LogP contribution < -0.4 is 15.8 Å². The number of amides is 1. The van der Waals surface area contributed by atoms with Crippen molar-refractivity contribution in [1.82, 2.24) is 10.2 Å². The van der Waals surface area contributed by atoms with E-state index in [0.717, 1.165) is 31.5 Å². The molecule has 0 saturated carbocycles. The minimum atomic E-state index is -0.704. The van der Waals surface area contributed by atoms with Crippen LogP contribution in [0.3, 0.4) is 0 Å². The Morgan fingerprint density at radius 1 is 1.24 bits per heavy atom. The number of aliphatic hydroxyl groups is 1. The van der Waals surface area contributed by atoms with E-state index < -0.39 is 12.0 Å². The third kappa shape index (κ3) is 6.44. The molecule has 1 unspecified atom stereocenters. The van der Waals surface area contributed by atoms with Gasteiger partial charge >= 0.3 is 0 Å². The van der Waals surface area contributed by atoms with Crippen LogP contribution in [-0.4, -0.2) is 54.3 Å². The number of aliphatic hydroxyl groups excluding tert-OH is 1. The third-order valence-corrected chi connectivity index (χ3v) is 5.36.